The lowest BCUT2D eigenvalue weighted by Gasteiger charge is -2.60. The van der Waals surface area contributed by atoms with Gasteiger partial charge in [0.05, 0.1) is 6.20 Å². The van der Waals surface area contributed by atoms with Gasteiger partial charge in [-0.2, -0.15) is 10.2 Å². The van der Waals surface area contributed by atoms with E-state index in [9.17, 15) is 10.1 Å². The summed E-state index contributed by atoms with van der Waals surface area (Å²) < 4.78 is 5.53. The van der Waals surface area contributed by atoms with Gasteiger partial charge >= 0.3 is 6.09 Å². The number of amides is 1. The van der Waals surface area contributed by atoms with Gasteiger partial charge in [0.15, 0.2) is 0 Å². The number of aromatic nitrogens is 2. The van der Waals surface area contributed by atoms with Gasteiger partial charge in [0.25, 0.3) is 0 Å². The largest absolute Gasteiger partial charge is 0.445 e. The number of rotatable bonds is 9. The Balaban J connectivity index is 1.08. The molecule has 212 valence electrons. The van der Waals surface area contributed by atoms with Crippen LogP contribution in [0.3, 0.4) is 0 Å². The fourth-order valence-electron chi connectivity index (χ4n) is 7.35. The van der Waals surface area contributed by atoms with Gasteiger partial charge in [0.1, 0.15) is 24.1 Å². The zero-order valence-corrected chi connectivity index (χ0v) is 24.1. The lowest BCUT2D eigenvalue weighted by Crippen LogP contribution is -2.60. The molecule has 1 heterocycles. The molecular formula is C31H32Cl2N6O2. The number of halogens is 2. The van der Waals surface area contributed by atoms with Gasteiger partial charge in [-0.25, -0.2) is 9.78 Å². The van der Waals surface area contributed by atoms with E-state index in [1.807, 2.05) is 30.3 Å². The van der Waals surface area contributed by atoms with Crippen molar-refractivity contribution in [1.82, 2.24) is 15.3 Å². The fraction of sp³-hybridized carbons (Fsp3) is 0.419. The van der Waals surface area contributed by atoms with Gasteiger partial charge in [-0.3, -0.25) is 0 Å². The quantitative estimate of drug-likeness (QED) is 0.251. The minimum absolute atomic E-state index is 0.113. The molecule has 10 heteroatoms. The Morgan fingerprint density at radius 3 is 2.61 bits per heavy atom. The second-order valence-electron chi connectivity index (χ2n) is 11.7. The molecule has 2 aromatic carbocycles. The van der Waals surface area contributed by atoms with E-state index in [2.05, 4.69) is 32.0 Å². The fourth-order valence-corrected chi connectivity index (χ4v) is 7.73. The summed E-state index contributed by atoms with van der Waals surface area (Å²) in [6.07, 6.45) is 6.70. The van der Waals surface area contributed by atoms with Gasteiger partial charge in [-0.1, -0.05) is 53.5 Å². The minimum atomic E-state index is -0.336. The number of nitrogens with one attached hydrogen (secondary N) is 3. The minimum Gasteiger partial charge on any atom is -0.445 e. The lowest BCUT2D eigenvalue weighted by molar-refractivity contribution is -0.0683. The van der Waals surface area contributed by atoms with Crippen molar-refractivity contribution in [1.29, 1.82) is 5.26 Å². The van der Waals surface area contributed by atoms with E-state index in [4.69, 9.17) is 27.9 Å². The molecule has 5 atom stereocenters. The first kappa shape index (κ1) is 27.6. The van der Waals surface area contributed by atoms with Gasteiger partial charge in [-0.15, -0.1) is 0 Å². The normalized spacial score (nSPS) is 25.8. The van der Waals surface area contributed by atoms with Crippen molar-refractivity contribution in [2.45, 2.75) is 51.3 Å². The van der Waals surface area contributed by atoms with Gasteiger partial charge in [-0.05, 0) is 84.6 Å². The molecule has 0 aliphatic heterocycles. The van der Waals surface area contributed by atoms with Crippen molar-refractivity contribution < 1.29 is 9.53 Å². The van der Waals surface area contributed by atoms with Crippen LogP contribution in [0, 0.1) is 34.5 Å². The number of nitrogens with zero attached hydrogens (tertiary/aromatic N) is 3. The molecule has 41 heavy (non-hydrogen) atoms. The molecule has 1 aromatic heterocycles. The number of carbonyl (C=O) groups is 1. The Morgan fingerprint density at radius 2 is 1.85 bits per heavy atom. The average Bonchev–Trinajstić information content (AvgIpc) is 2.97. The number of benzene rings is 2. The van der Waals surface area contributed by atoms with Gasteiger partial charge in [0.2, 0.25) is 5.95 Å². The summed E-state index contributed by atoms with van der Waals surface area (Å²) in [7, 11) is 0. The van der Waals surface area contributed by atoms with Gasteiger partial charge < -0.3 is 20.7 Å². The van der Waals surface area contributed by atoms with Crippen molar-refractivity contribution in [3.63, 3.8) is 0 Å². The Morgan fingerprint density at radius 1 is 1.07 bits per heavy atom. The zero-order chi connectivity index (χ0) is 28.4. The molecule has 4 bridgehead atoms. The van der Waals surface area contributed by atoms with E-state index >= 15 is 0 Å². The van der Waals surface area contributed by atoms with E-state index in [0.717, 1.165) is 49.8 Å². The smallest absolute Gasteiger partial charge is 0.407 e. The summed E-state index contributed by atoms with van der Waals surface area (Å²) in [5, 5.41) is 20.8. The first-order valence-corrected chi connectivity index (χ1v) is 14.8. The van der Waals surface area contributed by atoms with Crippen molar-refractivity contribution >= 4 is 41.1 Å². The van der Waals surface area contributed by atoms with Crippen LogP contribution in [0.5, 0.6) is 0 Å². The molecule has 4 saturated carbocycles. The molecular weight excluding hydrogens is 559 g/mol. The van der Waals surface area contributed by atoms with Crippen LogP contribution in [-0.2, 0) is 17.9 Å². The van der Waals surface area contributed by atoms with E-state index in [1.54, 1.807) is 18.2 Å². The molecule has 3 aromatic rings. The molecule has 3 N–H and O–H groups in total. The highest BCUT2D eigenvalue weighted by atomic mass is 35.5. The summed E-state index contributed by atoms with van der Waals surface area (Å²) in [6, 6.07) is 17.4. The maximum absolute atomic E-state index is 12.7. The third kappa shape index (κ3) is 6.22. The molecule has 0 spiro atoms. The van der Waals surface area contributed by atoms with E-state index in [0.29, 0.717) is 51.7 Å². The molecule has 4 aliphatic carbocycles. The molecule has 7 rings (SSSR count). The molecule has 4 fully saturated rings. The van der Waals surface area contributed by atoms with Crippen LogP contribution in [0.15, 0.2) is 54.7 Å². The van der Waals surface area contributed by atoms with Crippen molar-refractivity contribution in [3.05, 3.63) is 81.5 Å². The standard InChI is InChI=1S/C31H32Cl2N6O2/c32-25-6-7-26(33)23(10-25)15-35-29-36-16-24(14-34)28(39-29)37-18-31-11-20-8-21(12-31)27(22(9-20)13-31)38-30(40)41-17-19-4-2-1-3-5-19/h1-7,10,16,20-22,27H,8-9,11-13,15,17-18H2,(H,38,40)(H2,35,36,37,39)/t20?,21-,22+,27+,31-. The monoisotopic (exact) mass is 590 g/mol. The highest BCUT2D eigenvalue weighted by molar-refractivity contribution is 6.33. The van der Waals surface area contributed by atoms with Crippen LogP contribution in [0.2, 0.25) is 10.0 Å². The molecule has 8 nitrogen and oxygen atoms in total. The number of carbonyl (C=O) groups excluding carboxylic acids is 1. The molecule has 0 saturated heterocycles. The summed E-state index contributed by atoms with van der Waals surface area (Å²) in [5.41, 5.74) is 2.33. The number of hydrogen-bond acceptors (Lipinski definition) is 7. The Kier molecular flexibility index (Phi) is 7.92. The van der Waals surface area contributed by atoms with Crippen molar-refractivity contribution in [2.24, 2.45) is 23.2 Å². The second-order valence-corrected chi connectivity index (χ2v) is 12.6. The highest BCUT2D eigenvalue weighted by Crippen LogP contribution is 2.60. The maximum atomic E-state index is 12.7. The van der Waals surface area contributed by atoms with E-state index < -0.39 is 0 Å². The number of hydrogen-bond donors (Lipinski definition) is 3. The van der Waals surface area contributed by atoms with E-state index in [-0.39, 0.29) is 24.2 Å². The Labute approximate surface area is 249 Å². The topological polar surface area (TPSA) is 112 Å². The number of anilines is 2. The van der Waals surface area contributed by atoms with Crippen LogP contribution in [0.4, 0.5) is 16.6 Å². The van der Waals surface area contributed by atoms with Crippen LogP contribution >= 0.6 is 23.2 Å². The molecule has 0 radical (unpaired) electrons. The molecule has 1 amide bonds. The Hall–Kier alpha value is -3.54. The summed E-state index contributed by atoms with van der Waals surface area (Å²) >= 11 is 12.4. The summed E-state index contributed by atoms with van der Waals surface area (Å²) in [4.78, 5) is 21.6. The number of alkyl carbamates (subject to hydrolysis) is 1. The summed E-state index contributed by atoms with van der Waals surface area (Å²) in [6.45, 7) is 1.41. The van der Waals surface area contributed by atoms with Crippen LogP contribution < -0.4 is 16.0 Å². The second kappa shape index (κ2) is 11.8. The summed E-state index contributed by atoms with van der Waals surface area (Å²) in [5.74, 6) is 2.44. The zero-order valence-electron chi connectivity index (χ0n) is 22.6. The van der Waals surface area contributed by atoms with Crippen LogP contribution in [0.25, 0.3) is 0 Å². The van der Waals surface area contributed by atoms with Crippen molar-refractivity contribution in [3.8, 4) is 6.07 Å². The maximum Gasteiger partial charge on any atom is 0.407 e. The number of ether oxygens (including phenoxy) is 1. The van der Waals surface area contributed by atoms with Crippen LogP contribution in [-0.4, -0.2) is 28.6 Å². The third-order valence-electron chi connectivity index (χ3n) is 8.88. The first-order chi connectivity index (χ1) is 19.9. The third-order valence-corrected chi connectivity index (χ3v) is 9.49. The number of nitriles is 1. The molecule has 1 unspecified atom stereocenters. The first-order valence-electron chi connectivity index (χ1n) is 14.1. The van der Waals surface area contributed by atoms with E-state index in [1.165, 1.54) is 6.20 Å². The SMILES string of the molecule is N#Cc1cnc(NCc2cc(Cl)ccc2Cl)nc1NC[C@]12CC3C[C@H](C1)[C@H](NC(=O)OCc1ccccc1)[C@@H](C3)C2. The average molecular weight is 592 g/mol. The predicted octanol–water partition coefficient (Wildman–Crippen LogP) is 6.80. The van der Waals surface area contributed by atoms with Crippen LogP contribution in [0.1, 0.15) is 48.8 Å². The highest BCUT2D eigenvalue weighted by Gasteiger charge is 2.55. The molecule has 4 aliphatic rings. The predicted molar refractivity (Wildman–Crippen MR) is 159 cm³/mol. The Bertz CT molecular complexity index is 1450. The lowest BCUT2D eigenvalue weighted by atomic mass is 9.48. The van der Waals surface area contributed by atoms with Gasteiger partial charge in [0, 0.05) is 29.2 Å². The van der Waals surface area contributed by atoms with Crippen molar-refractivity contribution in [2.75, 3.05) is 17.2 Å².